The Hall–Kier alpha value is -1.01. The van der Waals surface area contributed by atoms with Crippen molar-refractivity contribution >= 4 is 22.6 Å². The van der Waals surface area contributed by atoms with Crippen LogP contribution in [0.15, 0.2) is 0 Å². The van der Waals surface area contributed by atoms with Gasteiger partial charge in [-0.15, -0.1) is 0 Å². The van der Waals surface area contributed by atoms with Crippen LogP contribution in [0.25, 0.3) is 0 Å². The minimum absolute atomic E-state index is 0.226. The number of aryl methyl sites for hydroxylation is 1. The van der Waals surface area contributed by atoms with E-state index in [1.54, 1.807) is 20.8 Å². The van der Waals surface area contributed by atoms with Crippen LogP contribution >= 0.6 is 11.5 Å². The fraction of sp³-hybridized carbons (Fsp3) is 0.625. The Balaban J connectivity index is 2.66. The molecule has 0 saturated heterocycles. The molecule has 0 atom stereocenters. The van der Waals surface area contributed by atoms with Gasteiger partial charge in [-0.25, -0.2) is 4.98 Å². The smallest absolute Gasteiger partial charge is 0.257 e. The molecule has 0 spiro atoms. The van der Waals surface area contributed by atoms with Crippen molar-refractivity contribution in [3.8, 4) is 0 Å². The number of nitrogens with one attached hydrogen (secondary N) is 1. The van der Waals surface area contributed by atoms with E-state index in [0.29, 0.717) is 11.0 Å². The number of amides is 1. The van der Waals surface area contributed by atoms with Crippen LogP contribution in [0.4, 0.5) is 5.13 Å². The summed E-state index contributed by atoms with van der Waals surface area (Å²) in [6.07, 6.45) is 0. The van der Waals surface area contributed by atoms with Crippen molar-refractivity contribution in [2.45, 2.75) is 26.4 Å². The first kappa shape index (κ1) is 11.1. The molecule has 1 amide bonds. The summed E-state index contributed by atoms with van der Waals surface area (Å²) in [6, 6.07) is 0. The molecular formula is C8H13N3O2S. The normalized spacial score (nSPS) is 11.4. The Morgan fingerprint density at radius 2 is 2.21 bits per heavy atom. The quantitative estimate of drug-likeness (QED) is 0.823. The number of hydrogen-bond donors (Lipinski definition) is 1. The van der Waals surface area contributed by atoms with E-state index >= 15 is 0 Å². The van der Waals surface area contributed by atoms with Gasteiger partial charge in [0.15, 0.2) is 0 Å². The number of methoxy groups -OCH3 is 1. The molecule has 0 aliphatic rings. The second kappa shape index (κ2) is 4.02. The fourth-order valence-corrected chi connectivity index (χ4v) is 1.26. The summed E-state index contributed by atoms with van der Waals surface area (Å²) in [7, 11) is 1.49. The summed E-state index contributed by atoms with van der Waals surface area (Å²) in [5.41, 5.74) is -0.848. The van der Waals surface area contributed by atoms with Gasteiger partial charge >= 0.3 is 0 Å². The van der Waals surface area contributed by atoms with Crippen LogP contribution in [-0.2, 0) is 9.53 Å². The third-order valence-electron chi connectivity index (χ3n) is 1.81. The van der Waals surface area contributed by atoms with Gasteiger partial charge in [0, 0.05) is 18.6 Å². The van der Waals surface area contributed by atoms with Crippen molar-refractivity contribution in [3.05, 3.63) is 5.82 Å². The van der Waals surface area contributed by atoms with Gasteiger partial charge in [-0.05, 0) is 20.8 Å². The van der Waals surface area contributed by atoms with Crippen molar-refractivity contribution in [2.24, 2.45) is 0 Å². The van der Waals surface area contributed by atoms with Crippen LogP contribution in [-0.4, -0.2) is 28.0 Å². The second-order valence-corrected chi connectivity index (χ2v) is 4.07. The highest BCUT2D eigenvalue weighted by Crippen LogP contribution is 2.14. The van der Waals surface area contributed by atoms with Crippen LogP contribution in [0.3, 0.4) is 0 Å². The van der Waals surface area contributed by atoms with Crippen molar-refractivity contribution in [1.29, 1.82) is 0 Å². The Morgan fingerprint density at radius 1 is 1.57 bits per heavy atom. The van der Waals surface area contributed by atoms with Crippen LogP contribution in [0, 0.1) is 6.92 Å². The molecule has 1 N–H and O–H groups in total. The molecule has 0 aliphatic carbocycles. The number of aromatic nitrogens is 2. The molecule has 1 rings (SSSR count). The van der Waals surface area contributed by atoms with E-state index in [2.05, 4.69) is 14.7 Å². The number of carbonyl (C=O) groups excluding carboxylic acids is 1. The van der Waals surface area contributed by atoms with E-state index < -0.39 is 5.60 Å². The molecule has 0 saturated carbocycles. The Bertz CT molecular complexity index is 335. The van der Waals surface area contributed by atoms with Crippen molar-refractivity contribution in [1.82, 2.24) is 9.36 Å². The maximum absolute atomic E-state index is 11.6. The van der Waals surface area contributed by atoms with E-state index in [4.69, 9.17) is 4.74 Å². The lowest BCUT2D eigenvalue weighted by molar-refractivity contribution is -0.133. The molecule has 1 aromatic heterocycles. The van der Waals surface area contributed by atoms with E-state index in [1.165, 1.54) is 7.11 Å². The van der Waals surface area contributed by atoms with Gasteiger partial charge in [-0.3, -0.25) is 10.1 Å². The summed E-state index contributed by atoms with van der Waals surface area (Å²) in [4.78, 5) is 15.6. The predicted octanol–water partition coefficient (Wildman–Crippen LogP) is 1.21. The fourth-order valence-electron chi connectivity index (χ4n) is 0.688. The molecule has 0 unspecified atom stereocenters. The molecule has 6 heteroatoms. The standard InChI is InChI=1S/C8H13N3O2S/c1-5-9-7(14-11-5)10-6(12)8(2,3)13-4/h1-4H3,(H,9,10,11,12). The average Bonchev–Trinajstić information content (AvgIpc) is 2.51. The highest BCUT2D eigenvalue weighted by Gasteiger charge is 2.27. The Morgan fingerprint density at radius 3 is 2.64 bits per heavy atom. The number of rotatable bonds is 3. The minimum Gasteiger partial charge on any atom is -0.369 e. The lowest BCUT2D eigenvalue weighted by atomic mass is 10.1. The molecule has 1 heterocycles. The Labute approximate surface area is 86.7 Å². The monoisotopic (exact) mass is 215 g/mol. The van der Waals surface area contributed by atoms with Gasteiger partial charge in [-0.2, -0.15) is 4.37 Å². The topological polar surface area (TPSA) is 64.1 Å². The van der Waals surface area contributed by atoms with Crippen LogP contribution in [0.2, 0.25) is 0 Å². The molecular weight excluding hydrogens is 202 g/mol. The third kappa shape index (κ3) is 2.49. The van der Waals surface area contributed by atoms with Gasteiger partial charge in [0.05, 0.1) is 0 Å². The lowest BCUT2D eigenvalue weighted by Crippen LogP contribution is -2.38. The third-order valence-corrected chi connectivity index (χ3v) is 2.53. The summed E-state index contributed by atoms with van der Waals surface area (Å²) >= 11 is 1.16. The van der Waals surface area contributed by atoms with E-state index in [0.717, 1.165) is 11.5 Å². The van der Waals surface area contributed by atoms with Crippen molar-refractivity contribution in [3.63, 3.8) is 0 Å². The molecule has 0 radical (unpaired) electrons. The minimum atomic E-state index is -0.848. The summed E-state index contributed by atoms with van der Waals surface area (Å²) in [6.45, 7) is 5.15. The van der Waals surface area contributed by atoms with Gasteiger partial charge in [0.25, 0.3) is 5.91 Å². The SMILES string of the molecule is COC(C)(C)C(=O)Nc1nc(C)ns1. The molecule has 78 valence electrons. The maximum atomic E-state index is 11.6. The zero-order valence-corrected chi connectivity index (χ0v) is 9.44. The molecule has 0 aliphatic heterocycles. The van der Waals surface area contributed by atoms with E-state index in [-0.39, 0.29) is 5.91 Å². The first-order chi connectivity index (χ1) is 6.45. The number of hydrogen-bond acceptors (Lipinski definition) is 5. The van der Waals surface area contributed by atoms with Crippen LogP contribution in [0.1, 0.15) is 19.7 Å². The molecule has 0 fully saturated rings. The predicted molar refractivity (Wildman–Crippen MR) is 54.4 cm³/mol. The average molecular weight is 215 g/mol. The largest absolute Gasteiger partial charge is 0.369 e. The van der Waals surface area contributed by atoms with Gasteiger partial charge < -0.3 is 4.74 Å². The maximum Gasteiger partial charge on any atom is 0.257 e. The van der Waals surface area contributed by atoms with E-state index in [1.807, 2.05) is 0 Å². The highest BCUT2D eigenvalue weighted by atomic mass is 32.1. The first-order valence-electron chi connectivity index (χ1n) is 4.12. The van der Waals surface area contributed by atoms with Crippen LogP contribution in [0.5, 0.6) is 0 Å². The van der Waals surface area contributed by atoms with E-state index in [9.17, 15) is 4.79 Å². The molecule has 5 nitrogen and oxygen atoms in total. The van der Waals surface area contributed by atoms with Gasteiger partial charge in [0.2, 0.25) is 5.13 Å². The van der Waals surface area contributed by atoms with Crippen molar-refractivity contribution < 1.29 is 9.53 Å². The Kier molecular flexibility index (Phi) is 3.17. The summed E-state index contributed by atoms with van der Waals surface area (Å²) < 4.78 is 8.98. The molecule has 0 aromatic carbocycles. The lowest BCUT2D eigenvalue weighted by Gasteiger charge is -2.20. The number of carbonyl (C=O) groups is 1. The molecule has 1 aromatic rings. The van der Waals surface area contributed by atoms with Crippen LogP contribution < -0.4 is 5.32 Å². The molecule has 0 bridgehead atoms. The zero-order valence-electron chi connectivity index (χ0n) is 8.62. The number of anilines is 1. The highest BCUT2D eigenvalue weighted by molar-refractivity contribution is 7.09. The molecule has 14 heavy (non-hydrogen) atoms. The van der Waals surface area contributed by atoms with Crippen molar-refractivity contribution in [2.75, 3.05) is 12.4 Å². The number of ether oxygens (including phenoxy) is 1. The summed E-state index contributed by atoms with van der Waals surface area (Å²) in [5, 5.41) is 3.13. The number of nitrogens with zero attached hydrogens (tertiary/aromatic N) is 2. The zero-order chi connectivity index (χ0) is 10.8. The second-order valence-electron chi connectivity index (χ2n) is 3.32. The van der Waals surface area contributed by atoms with Gasteiger partial charge in [0.1, 0.15) is 11.4 Å². The first-order valence-corrected chi connectivity index (χ1v) is 4.90. The van der Waals surface area contributed by atoms with Gasteiger partial charge in [-0.1, -0.05) is 0 Å². The summed E-state index contributed by atoms with van der Waals surface area (Å²) in [5.74, 6) is 0.427.